The normalized spacial score (nSPS) is 36.1. The smallest absolute Gasteiger partial charge is 0.225 e. The Kier molecular flexibility index (Phi) is 3.82. The van der Waals surface area contributed by atoms with E-state index in [4.69, 9.17) is 4.74 Å². The van der Waals surface area contributed by atoms with Crippen molar-refractivity contribution in [3.8, 4) is 0 Å². The Morgan fingerprint density at radius 2 is 2.25 bits per heavy atom. The minimum atomic E-state index is 0.189. The van der Waals surface area contributed by atoms with Gasteiger partial charge < -0.3 is 15.0 Å². The van der Waals surface area contributed by atoms with Gasteiger partial charge in [-0.2, -0.15) is 0 Å². The zero-order valence-electron chi connectivity index (χ0n) is 10.2. The molecule has 2 fully saturated rings. The number of carbonyl (C=O) groups is 1. The van der Waals surface area contributed by atoms with Gasteiger partial charge in [-0.15, -0.1) is 0 Å². The molecule has 2 aliphatic heterocycles. The van der Waals surface area contributed by atoms with Crippen LogP contribution in [0.1, 0.15) is 26.7 Å². The van der Waals surface area contributed by atoms with Crippen LogP contribution >= 0.6 is 0 Å². The Morgan fingerprint density at radius 3 is 2.94 bits per heavy atom. The van der Waals surface area contributed by atoms with Crippen molar-refractivity contribution in [3.05, 3.63) is 0 Å². The van der Waals surface area contributed by atoms with E-state index in [1.54, 1.807) is 0 Å². The fourth-order valence-electron chi connectivity index (χ4n) is 2.61. The number of carbonyl (C=O) groups excluding carboxylic acids is 1. The first-order valence-electron chi connectivity index (χ1n) is 6.30. The topological polar surface area (TPSA) is 41.6 Å². The lowest BCUT2D eigenvalue weighted by molar-refractivity contribution is -0.141. The highest BCUT2D eigenvalue weighted by atomic mass is 16.5. The Labute approximate surface area is 97.3 Å². The van der Waals surface area contributed by atoms with Crippen LogP contribution in [0.4, 0.5) is 0 Å². The molecule has 2 saturated heterocycles. The molecule has 0 aliphatic carbocycles. The molecule has 2 aliphatic rings. The Bertz CT molecular complexity index is 233. The molecule has 0 spiro atoms. The van der Waals surface area contributed by atoms with Crippen LogP contribution in [-0.2, 0) is 9.53 Å². The summed E-state index contributed by atoms with van der Waals surface area (Å²) in [5.41, 5.74) is 0. The van der Waals surface area contributed by atoms with Crippen molar-refractivity contribution < 1.29 is 9.53 Å². The van der Waals surface area contributed by atoms with Crippen LogP contribution in [0.15, 0.2) is 0 Å². The SMILES string of the molecule is CC1CC(C(=O)N2CCN[C@H](C)C2)CCO1. The van der Waals surface area contributed by atoms with E-state index in [-0.39, 0.29) is 12.0 Å². The molecule has 2 rings (SSSR count). The molecule has 92 valence electrons. The molecule has 2 unspecified atom stereocenters. The standard InChI is InChI=1S/C12H22N2O2/c1-9-8-14(5-4-13-9)12(15)11-3-6-16-10(2)7-11/h9-11,13H,3-8H2,1-2H3/t9-,10?,11?/m1/s1. The third kappa shape index (κ3) is 2.74. The van der Waals surface area contributed by atoms with Gasteiger partial charge in [0, 0.05) is 38.2 Å². The van der Waals surface area contributed by atoms with Crippen LogP contribution in [0.2, 0.25) is 0 Å². The number of nitrogens with one attached hydrogen (secondary N) is 1. The monoisotopic (exact) mass is 226 g/mol. The summed E-state index contributed by atoms with van der Waals surface area (Å²) in [4.78, 5) is 14.3. The average molecular weight is 226 g/mol. The number of piperazine rings is 1. The summed E-state index contributed by atoms with van der Waals surface area (Å²) in [6.45, 7) is 7.55. The number of hydrogen-bond acceptors (Lipinski definition) is 3. The van der Waals surface area contributed by atoms with Gasteiger partial charge in [0.1, 0.15) is 0 Å². The van der Waals surface area contributed by atoms with Gasteiger partial charge in [-0.05, 0) is 26.7 Å². The minimum Gasteiger partial charge on any atom is -0.378 e. The van der Waals surface area contributed by atoms with Gasteiger partial charge in [0.05, 0.1) is 6.10 Å². The minimum absolute atomic E-state index is 0.189. The lowest BCUT2D eigenvalue weighted by Gasteiger charge is -2.36. The van der Waals surface area contributed by atoms with Crippen LogP contribution < -0.4 is 5.32 Å². The molecule has 0 aromatic rings. The summed E-state index contributed by atoms with van der Waals surface area (Å²) in [6.07, 6.45) is 2.02. The highest BCUT2D eigenvalue weighted by molar-refractivity contribution is 5.79. The van der Waals surface area contributed by atoms with Crippen molar-refractivity contribution in [2.24, 2.45) is 5.92 Å². The van der Waals surface area contributed by atoms with Crippen molar-refractivity contribution >= 4 is 5.91 Å². The Hall–Kier alpha value is -0.610. The molecule has 0 radical (unpaired) electrons. The van der Waals surface area contributed by atoms with Crippen molar-refractivity contribution in [2.75, 3.05) is 26.2 Å². The van der Waals surface area contributed by atoms with Gasteiger partial charge in [0.15, 0.2) is 0 Å². The first-order valence-corrected chi connectivity index (χ1v) is 6.30. The maximum atomic E-state index is 12.3. The maximum absolute atomic E-state index is 12.3. The first kappa shape index (κ1) is 11.9. The highest BCUT2D eigenvalue weighted by Crippen LogP contribution is 2.22. The van der Waals surface area contributed by atoms with Crippen LogP contribution in [0.3, 0.4) is 0 Å². The van der Waals surface area contributed by atoms with Crippen molar-refractivity contribution in [1.82, 2.24) is 10.2 Å². The number of rotatable bonds is 1. The van der Waals surface area contributed by atoms with E-state index >= 15 is 0 Å². The van der Waals surface area contributed by atoms with Crippen LogP contribution in [0, 0.1) is 5.92 Å². The lowest BCUT2D eigenvalue weighted by atomic mass is 9.94. The van der Waals surface area contributed by atoms with Gasteiger partial charge in [-0.25, -0.2) is 0 Å². The molecule has 16 heavy (non-hydrogen) atoms. The molecule has 1 N–H and O–H groups in total. The third-order valence-electron chi connectivity index (χ3n) is 3.51. The molecule has 4 heteroatoms. The second kappa shape index (κ2) is 5.15. The largest absolute Gasteiger partial charge is 0.378 e. The van der Waals surface area contributed by atoms with Gasteiger partial charge in [0.2, 0.25) is 5.91 Å². The number of ether oxygens (including phenoxy) is 1. The summed E-state index contributed by atoms with van der Waals surface area (Å²) >= 11 is 0. The van der Waals surface area contributed by atoms with Gasteiger partial charge in [-0.3, -0.25) is 4.79 Å². The molecule has 3 atom stereocenters. The van der Waals surface area contributed by atoms with Crippen LogP contribution in [0.25, 0.3) is 0 Å². The molecule has 0 aromatic heterocycles. The Morgan fingerprint density at radius 1 is 1.44 bits per heavy atom. The summed E-state index contributed by atoms with van der Waals surface area (Å²) in [5.74, 6) is 0.526. The average Bonchev–Trinajstić information content (AvgIpc) is 2.28. The molecule has 4 nitrogen and oxygen atoms in total. The van der Waals surface area contributed by atoms with E-state index in [0.29, 0.717) is 11.9 Å². The second-order valence-corrected chi connectivity index (χ2v) is 5.04. The molecular formula is C12H22N2O2. The van der Waals surface area contributed by atoms with E-state index in [1.807, 2.05) is 4.90 Å². The molecule has 0 aromatic carbocycles. The van der Waals surface area contributed by atoms with Crippen molar-refractivity contribution in [3.63, 3.8) is 0 Å². The molecule has 0 bridgehead atoms. The zero-order chi connectivity index (χ0) is 11.5. The van der Waals surface area contributed by atoms with E-state index < -0.39 is 0 Å². The van der Waals surface area contributed by atoms with E-state index in [9.17, 15) is 4.79 Å². The summed E-state index contributed by atoms with van der Waals surface area (Å²) in [5, 5.41) is 3.36. The first-order chi connectivity index (χ1) is 7.66. The quantitative estimate of drug-likeness (QED) is 0.713. The predicted octanol–water partition coefficient (Wildman–Crippen LogP) is 0.622. The van der Waals surface area contributed by atoms with E-state index in [0.717, 1.165) is 39.1 Å². The van der Waals surface area contributed by atoms with E-state index in [2.05, 4.69) is 19.2 Å². The second-order valence-electron chi connectivity index (χ2n) is 5.04. The predicted molar refractivity (Wildman–Crippen MR) is 62.2 cm³/mol. The number of hydrogen-bond donors (Lipinski definition) is 1. The van der Waals surface area contributed by atoms with Gasteiger partial charge >= 0.3 is 0 Å². The lowest BCUT2D eigenvalue weighted by Crippen LogP contribution is -2.53. The van der Waals surface area contributed by atoms with Crippen molar-refractivity contribution in [2.45, 2.75) is 38.8 Å². The molecular weight excluding hydrogens is 204 g/mol. The zero-order valence-corrected chi connectivity index (χ0v) is 10.2. The summed E-state index contributed by atoms with van der Waals surface area (Å²) in [6, 6.07) is 0.426. The van der Waals surface area contributed by atoms with Crippen molar-refractivity contribution in [1.29, 1.82) is 0 Å². The van der Waals surface area contributed by atoms with Crippen LogP contribution in [0.5, 0.6) is 0 Å². The molecule has 2 heterocycles. The summed E-state index contributed by atoms with van der Waals surface area (Å²) < 4.78 is 5.48. The van der Waals surface area contributed by atoms with Gasteiger partial charge in [0.25, 0.3) is 0 Å². The van der Waals surface area contributed by atoms with Gasteiger partial charge in [-0.1, -0.05) is 0 Å². The number of amides is 1. The van der Waals surface area contributed by atoms with Crippen LogP contribution in [-0.4, -0.2) is 49.2 Å². The third-order valence-corrected chi connectivity index (χ3v) is 3.51. The molecule has 1 amide bonds. The highest BCUT2D eigenvalue weighted by Gasteiger charge is 2.30. The number of nitrogens with zero attached hydrogens (tertiary/aromatic N) is 1. The Balaban J connectivity index is 1.90. The fourth-order valence-corrected chi connectivity index (χ4v) is 2.61. The fraction of sp³-hybridized carbons (Fsp3) is 0.917. The molecule has 0 saturated carbocycles. The maximum Gasteiger partial charge on any atom is 0.225 e. The summed E-state index contributed by atoms with van der Waals surface area (Å²) in [7, 11) is 0. The van der Waals surface area contributed by atoms with E-state index in [1.165, 1.54) is 0 Å².